The van der Waals surface area contributed by atoms with Crippen LogP contribution in [0.5, 0.6) is 0 Å². The third-order valence-corrected chi connectivity index (χ3v) is 6.76. The first-order valence-corrected chi connectivity index (χ1v) is 8.87. The molecule has 1 aromatic heterocycles. The van der Waals surface area contributed by atoms with E-state index in [9.17, 15) is 14.7 Å². The number of carboxylic acids is 1. The maximum Gasteiger partial charge on any atom is 0.309 e. The van der Waals surface area contributed by atoms with Gasteiger partial charge < -0.3 is 5.11 Å². The maximum absolute atomic E-state index is 12.8. The monoisotopic (exact) mass is 347 g/mol. The number of halogens is 1. The summed E-state index contributed by atoms with van der Waals surface area (Å²) in [7, 11) is 0. The van der Waals surface area contributed by atoms with E-state index in [0.717, 1.165) is 37.7 Å². The average Bonchev–Trinajstić information content (AvgIpc) is 2.81. The molecule has 6 nitrogen and oxygen atoms in total. The van der Waals surface area contributed by atoms with Gasteiger partial charge in [-0.25, -0.2) is 4.98 Å². The number of hydrogen-bond donors (Lipinski definition) is 1. The molecule has 2 unspecified atom stereocenters. The van der Waals surface area contributed by atoms with E-state index < -0.39 is 16.9 Å². The molecule has 4 fully saturated rings. The van der Waals surface area contributed by atoms with Crippen molar-refractivity contribution in [3.05, 3.63) is 17.0 Å². The third-order valence-electron chi connectivity index (χ3n) is 6.57. The topological polar surface area (TPSA) is 83.4 Å². The smallest absolute Gasteiger partial charge is 0.309 e. The van der Waals surface area contributed by atoms with Gasteiger partial charge in [-0.1, -0.05) is 0 Å². The fourth-order valence-corrected chi connectivity index (χ4v) is 6.40. The number of aromatic nitrogens is 2. The number of amides is 1. The fourth-order valence-electron chi connectivity index (χ4n) is 6.27. The molecule has 2 atom stereocenters. The summed E-state index contributed by atoms with van der Waals surface area (Å²) in [6, 6.07) is 0. The first kappa shape index (κ1) is 14.6. The zero-order valence-corrected chi connectivity index (χ0v) is 13.9. The third kappa shape index (κ3) is 1.78. The van der Waals surface area contributed by atoms with E-state index in [1.807, 2.05) is 0 Å². The molecule has 7 heteroatoms. The van der Waals surface area contributed by atoms with E-state index in [1.165, 1.54) is 0 Å². The Labute approximate surface area is 144 Å². The summed E-state index contributed by atoms with van der Waals surface area (Å²) in [6.07, 6.45) is 6.79. The van der Waals surface area contributed by atoms with Crippen molar-refractivity contribution in [2.45, 2.75) is 50.5 Å². The van der Waals surface area contributed by atoms with E-state index in [2.05, 4.69) is 9.97 Å². The van der Waals surface area contributed by atoms with Crippen LogP contribution in [0.25, 0.3) is 0 Å². The minimum atomic E-state index is -0.700. The number of carbonyl (C=O) groups excluding carboxylic acids is 1. The summed E-state index contributed by atoms with van der Waals surface area (Å²) in [5.74, 6) is 0.674. The second-order valence-electron chi connectivity index (χ2n) is 8.16. The minimum absolute atomic E-state index is 0.00376. The number of fused-ring (bicyclic) bond motifs is 1. The van der Waals surface area contributed by atoms with Gasteiger partial charge in [0.05, 0.1) is 17.4 Å². The second-order valence-corrected chi connectivity index (χ2v) is 8.50. The van der Waals surface area contributed by atoms with Gasteiger partial charge >= 0.3 is 5.97 Å². The van der Waals surface area contributed by atoms with Crippen molar-refractivity contribution in [3.63, 3.8) is 0 Å². The standard InChI is InChI=1S/C17H18ClN3O3/c18-15-19-7-11-2-12(22)21(13(11)20-15)17-5-9-1-10(6-17)4-16(3-9,8-17)14(23)24/h7,9-10H,1-6,8H2,(H,23,24). The number of anilines is 1. The highest BCUT2D eigenvalue weighted by Crippen LogP contribution is 2.64. The van der Waals surface area contributed by atoms with Gasteiger partial charge in [-0.2, -0.15) is 4.98 Å². The SMILES string of the molecule is O=C1Cc2cnc(Cl)nc2N1C12CC3CC(CC(C(=O)O)(C3)C1)C2. The van der Waals surface area contributed by atoms with Crippen LogP contribution in [-0.2, 0) is 16.0 Å². The number of carbonyl (C=O) groups is 2. The molecule has 4 saturated carbocycles. The van der Waals surface area contributed by atoms with E-state index >= 15 is 0 Å². The van der Waals surface area contributed by atoms with Crippen LogP contribution in [0.3, 0.4) is 0 Å². The molecule has 0 saturated heterocycles. The average molecular weight is 348 g/mol. The zero-order chi connectivity index (χ0) is 16.7. The molecule has 0 aromatic carbocycles. The van der Waals surface area contributed by atoms with Gasteiger partial charge in [0.25, 0.3) is 0 Å². The van der Waals surface area contributed by atoms with Crippen molar-refractivity contribution >= 4 is 29.3 Å². The lowest BCUT2D eigenvalue weighted by atomic mass is 9.46. The molecule has 1 aromatic rings. The molecule has 0 spiro atoms. The molecule has 0 radical (unpaired) electrons. The molecule has 5 aliphatic rings. The highest BCUT2D eigenvalue weighted by Gasteiger charge is 2.64. The molecule has 2 heterocycles. The summed E-state index contributed by atoms with van der Waals surface area (Å²) in [6.45, 7) is 0. The van der Waals surface area contributed by atoms with Crippen molar-refractivity contribution in [3.8, 4) is 0 Å². The zero-order valence-electron chi connectivity index (χ0n) is 13.2. The highest BCUT2D eigenvalue weighted by atomic mass is 35.5. The molecular weight excluding hydrogens is 330 g/mol. The largest absolute Gasteiger partial charge is 0.481 e. The Morgan fingerprint density at radius 3 is 2.67 bits per heavy atom. The normalized spacial score (nSPS) is 39.4. The van der Waals surface area contributed by atoms with Gasteiger partial charge in [0.1, 0.15) is 5.82 Å². The number of hydrogen-bond acceptors (Lipinski definition) is 4. The van der Waals surface area contributed by atoms with Crippen molar-refractivity contribution in [2.75, 3.05) is 4.90 Å². The van der Waals surface area contributed by atoms with Crippen LogP contribution in [-0.4, -0.2) is 32.5 Å². The molecule has 1 N–H and O–H groups in total. The lowest BCUT2D eigenvalue weighted by Gasteiger charge is -2.62. The van der Waals surface area contributed by atoms with Crippen LogP contribution in [0.4, 0.5) is 5.82 Å². The number of nitrogens with zero attached hydrogens (tertiary/aromatic N) is 3. The van der Waals surface area contributed by atoms with Gasteiger partial charge in [0.2, 0.25) is 11.2 Å². The van der Waals surface area contributed by atoms with Crippen LogP contribution < -0.4 is 4.90 Å². The summed E-state index contributed by atoms with van der Waals surface area (Å²) >= 11 is 5.97. The van der Waals surface area contributed by atoms with Gasteiger partial charge in [-0.05, 0) is 62.0 Å². The Kier molecular flexibility index (Phi) is 2.73. The predicted octanol–water partition coefficient (Wildman–Crippen LogP) is 2.44. The number of rotatable bonds is 2. The van der Waals surface area contributed by atoms with Crippen molar-refractivity contribution in [1.29, 1.82) is 0 Å². The molecule has 4 bridgehead atoms. The Morgan fingerprint density at radius 1 is 1.29 bits per heavy atom. The molecular formula is C17H18ClN3O3. The summed E-state index contributed by atoms with van der Waals surface area (Å²) in [5, 5.41) is 10.0. The Morgan fingerprint density at radius 2 is 2.00 bits per heavy atom. The first-order chi connectivity index (χ1) is 11.4. The molecule has 1 aliphatic heterocycles. The second kappa shape index (κ2) is 4.48. The fraction of sp³-hybridized carbons (Fsp3) is 0.647. The Balaban J connectivity index is 1.63. The van der Waals surface area contributed by atoms with Gasteiger partial charge in [0, 0.05) is 11.8 Å². The number of carboxylic acid groups (broad SMARTS) is 1. The van der Waals surface area contributed by atoms with E-state index in [0.29, 0.717) is 24.1 Å². The molecule has 1 amide bonds. The van der Waals surface area contributed by atoms with Crippen LogP contribution in [0.1, 0.15) is 44.1 Å². The summed E-state index contributed by atoms with van der Waals surface area (Å²) in [5.41, 5.74) is -0.295. The molecule has 6 rings (SSSR count). The lowest BCUT2D eigenvalue weighted by Crippen LogP contribution is -2.65. The van der Waals surface area contributed by atoms with E-state index in [1.54, 1.807) is 11.1 Å². The molecule has 4 aliphatic carbocycles. The Hall–Kier alpha value is -1.69. The lowest BCUT2D eigenvalue weighted by molar-refractivity contribution is -0.167. The van der Waals surface area contributed by atoms with Crippen LogP contribution in [0.15, 0.2) is 6.20 Å². The van der Waals surface area contributed by atoms with Crippen LogP contribution in [0.2, 0.25) is 5.28 Å². The minimum Gasteiger partial charge on any atom is -0.481 e. The summed E-state index contributed by atoms with van der Waals surface area (Å²) < 4.78 is 0. The van der Waals surface area contributed by atoms with E-state index in [-0.39, 0.29) is 17.6 Å². The predicted molar refractivity (Wildman–Crippen MR) is 85.7 cm³/mol. The molecule has 126 valence electrons. The first-order valence-electron chi connectivity index (χ1n) is 8.49. The van der Waals surface area contributed by atoms with Crippen molar-refractivity contribution < 1.29 is 14.7 Å². The maximum atomic E-state index is 12.8. The van der Waals surface area contributed by atoms with Crippen LogP contribution >= 0.6 is 11.6 Å². The van der Waals surface area contributed by atoms with Gasteiger partial charge in [-0.3, -0.25) is 14.5 Å². The number of aliphatic carboxylic acids is 1. The van der Waals surface area contributed by atoms with Crippen molar-refractivity contribution in [1.82, 2.24) is 9.97 Å². The Bertz CT molecular complexity index is 766. The van der Waals surface area contributed by atoms with Crippen LogP contribution in [0, 0.1) is 17.3 Å². The quantitative estimate of drug-likeness (QED) is 0.831. The molecule has 24 heavy (non-hydrogen) atoms. The van der Waals surface area contributed by atoms with Gasteiger partial charge in [0.15, 0.2) is 0 Å². The highest BCUT2D eigenvalue weighted by molar-refractivity contribution is 6.28. The summed E-state index contributed by atoms with van der Waals surface area (Å²) in [4.78, 5) is 34.9. The van der Waals surface area contributed by atoms with E-state index in [4.69, 9.17) is 11.6 Å². The van der Waals surface area contributed by atoms with Gasteiger partial charge in [-0.15, -0.1) is 0 Å². The van der Waals surface area contributed by atoms with Crippen molar-refractivity contribution in [2.24, 2.45) is 17.3 Å².